The van der Waals surface area contributed by atoms with Crippen molar-refractivity contribution < 1.29 is 9.72 Å². The zero-order valence-corrected chi connectivity index (χ0v) is 13.2. The molecule has 0 aliphatic carbocycles. The van der Waals surface area contributed by atoms with Crippen LogP contribution in [0.1, 0.15) is 10.4 Å². The van der Waals surface area contributed by atoms with Gasteiger partial charge in [0.1, 0.15) is 0 Å². The molecule has 0 aliphatic heterocycles. The highest BCUT2D eigenvalue weighted by Crippen LogP contribution is 2.19. The number of hydrazine groups is 1. The second kappa shape index (κ2) is 7.27. The molecule has 0 heterocycles. The molecule has 25 heavy (non-hydrogen) atoms. The maximum atomic E-state index is 12.2. The number of rotatable bonds is 5. The van der Waals surface area contributed by atoms with Crippen molar-refractivity contribution >= 4 is 17.3 Å². The van der Waals surface area contributed by atoms with Gasteiger partial charge in [-0.15, -0.1) is 0 Å². The van der Waals surface area contributed by atoms with Gasteiger partial charge in [-0.2, -0.15) is 0 Å². The Kier molecular flexibility index (Phi) is 4.71. The number of nitro benzene ring substituents is 1. The van der Waals surface area contributed by atoms with Crippen molar-refractivity contribution in [2.45, 2.75) is 0 Å². The van der Waals surface area contributed by atoms with Crippen LogP contribution < -0.4 is 10.9 Å². The molecule has 3 rings (SSSR count). The number of nitrogens with one attached hydrogen (secondary N) is 2. The molecule has 6 nitrogen and oxygen atoms in total. The molecule has 0 spiro atoms. The van der Waals surface area contributed by atoms with Crippen LogP contribution in [0.2, 0.25) is 0 Å². The summed E-state index contributed by atoms with van der Waals surface area (Å²) in [5, 5.41) is 10.6. The van der Waals surface area contributed by atoms with E-state index in [-0.39, 0.29) is 11.6 Å². The molecule has 0 fully saturated rings. The topological polar surface area (TPSA) is 84.3 Å². The van der Waals surface area contributed by atoms with E-state index in [1.54, 1.807) is 12.1 Å². The number of non-ortho nitro benzene ring substituents is 1. The van der Waals surface area contributed by atoms with Crippen molar-refractivity contribution in [2.24, 2.45) is 0 Å². The Morgan fingerprint density at radius 3 is 2.00 bits per heavy atom. The van der Waals surface area contributed by atoms with Crippen LogP contribution in [0.3, 0.4) is 0 Å². The summed E-state index contributed by atoms with van der Waals surface area (Å²) in [4.78, 5) is 22.3. The quantitative estimate of drug-likeness (QED) is 0.545. The lowest BCUT2D eigenvalue weighted by Gasteiger charge is -2.09. The molecule has 124 valence electrons. The number of nitrogens with zero attached hydrogens (tertiary/aromatic N) is 1. The van der Waals surface area contributed by atoms with Crippen molar-refractivity contribution in [3.63, 3.8) is 0 Å². The van der Waals surface area contributed by atoms with E-state index in [1.165, 1.54) is 24.3 Å². The fourth-order valence-electron chi connectivity index (χ4n) is 2.31. The molecule has 2 N–H and O–H groups in total. The van der Waals surface area contributed by atoms with Gasteiger partial charge in [-0.05, 0) is 35.4 Å². The number of anilines is 1. The third-order valence-corrected chi connectivity index (χ3v) is 3.65. The van der Waals surface area contributed by atoms with Crippen LogP contribution in [-0.4, -0.2) is 10.8 Å². The third kappa shape index (κ3) is 4.00. The molecular weight excluding hydrogens is 318 g/mol. The molecule has 1 amide bonds. The van der Waals surface area contributed by atoms with E-state index in [0.29, 0.717) is 11.3 Å². The van der Waals surface area contributed by atoms with Crippen LogP contribution in [-0.2, 0) is 0 Å². The molecule has 0 aliphatic rings. The van der Waals surface area contributed by atoms with E-state index in [2.05, 4.69) is 10.9 Å². The molecule has 0 unspecified atom stereocenters. The smallest absolute Gasteiger partial charge is 0.269 e. The Hall–Kier alpha value is -3.67. The standard InChI is InChI=1S/C19H15N3O3/c23-19(21-20-17-10-12-18(13-11-17)22(24)25)16-8-6-15(7-9-16)14-4-2-1-3-5-14/h1-13,20H,(H,21,23). The second-order valence-corrected chi connectivity index (χ2v) is 5.33. The normalized spacial score (nSPS) is 10.1. The number of carbonyl (C=O) groups excluding carboxylic acids is 1. The minimum absolute atomic E-state index is 0.00613. The van der Waals surface area contributed by atoms with E-state index < -0.39 is 4.92 Å². The van der Waals surface area contributed by atoms with Gasteiger partial charge in [0, 0.05) is 17.7 Å². The van der Waals surface area contributed by atoms with E-state index in [1.807, 2.05) is 42.5 Å². The Morgan fingerprint density at radius 1 is 0.800 bits per heavy atom. The number of carbonyl (C=O) groups is 1. The molecule has 0 atom stereocenters. The van der Waals surface area contributed by atoms with Crippen LogP contribution in [0.4, 0.5) is 11.4 Å². The van der Waals surface area contributed by atoms with E-state index in [4.69, 9.17) is 0 Å². The van der Waals surface area contributed by atoms with E-state index in [0.717, 1.165) is 11.1 Å². The molecule has 0 aromatic heterocycles. The highest BCUT2D eigenvalue weighted by molar-refractivity contribution is 5.95. The lowest BCUT2D eigenvalue weighted by molar-refractivity contribution is -0.384. The Balaban J connectivity index is 1.62. The predicted molar refractivity (Wildman–Crippen MR) is 96.1 cm³/mol. The third-order valence-electron chi connectivity index (χ3n) is 3.65. The molecule has 0 saturated heterocycles. The average Bonchev–Trinajstić information content (AvgIpc) is 2.67. The molecule has 3 aromatic rings. The molecule has 6 heteroatoms. The van der Waals surface area contributed by atoms with Crippen LogP contribution in [0.5, 0.6) is 0 Å². The summed E-state index contributed by atoms with van der Waals surface area (Å²) >= 11 is 0. The fraction of sp³-hybridized carbons (Fsp3) is 0. The number of hydrogen-bond donors (Lipinski definition) is 2. The van der Waals surface area contributed by atoms with Gasteiger partial charge < -0.3 is 0 Å². The lowest BCUT2D eigenvalue weighted by atomic mass is 10.0. The second-order valence-electron chi connectivity index (χ2n) is 5.33. The van der Waals surface area contributed by atoms with Gasteiger partial charge in [-0.25, -0.2) is 0 Å². The van der Waals surface area contributed by atoms with Gasteiger partial charge in [0.2, 0.25) is 0 Å². The highest BCUT2D eigenvalue weighted by Gasteiger charge is 2.07. The van der Waals surface area contributed by atoms with Gasteiger partial charge >= 0.3 is 0 Å². The Bertz CT molecular complexity index is 876. The summed E-state index contributed by atoms with van der Waals surface area (Å²) in [5.74, 6) is -0.294. The average molecular weight is 333 g/mol. The molecule has 0 bridgehead atoms. The predicted octanol–water partition coefficient (Wildman–Crippen LogP) is 4.02. The largest absolute Gasteiger partial charge is 0.298 e. The van der Waals surface area contributed by atoms with Gasteiger partial charge in [0.25, 0.3) is 11.6 Å². The van der Waals surface area contributed by atoms with Crippen molar-refractivity contribution in [1.29, 1.82) is 0 Å². The minimum Gasteiger partial charge on any atom is -0.298 e. The number of amides is 1. The van der Waals surface area contributed by atoms with Crippen LogP contribution in [0, 0.1) is 10.1 Å². The number of nitro groups is 1. The Labute approximate surface area is 144 Å². The summed E-state index contributed by atoms with van der Waals surface area (Å²) in [7, 11) is 0. The van der Waals surface area contributed by atoms with Gasteiger partial charge in [-0.1, -0.05) is 42.5 Å². The maximum Gasteiger partial charge on any atom is 0.269 e. The van der Waals surface area contributed by atoms with E-state index >= 15 is 0 Å². The number of hydrogen-bond acceptors (Lipinski definition) is 4. The molecule has 3 aromatic carbocycles. The van der Waals surface area contributed by atoms with Crippen molar-refractivity contribution in [2.75, 3.05) is 5.43 Å². The first kappa shape index (κ1) is 16.2. The Morgan fingerprint density at radius 2 is 1.40 bits per heavy atom. The van der Waals surface area contributed by atoms with E-state index in [9.17, 15) is 14.9 Å². The maximum absolute atomic E-state index is 12.2. The monoisotopic (exact) mass is 333 g/mol. The van der Waals surface area contributed by atoms with Crippen molar-refractivity contribution in [3.05, 3.63) is 94.5 Å². The highest BCUT2D eigenvalue weighted by atomic mass is 16.6. The first-order chi connectivity index (χ1) is 12.1. The fourth-order valence-corrected chi connectivity index (χ4v) is 2.31. The lowest BCUT2D eigenvalue weighted by Crippen LogP contribution is -2.29. The number of benzene rings is 3. The molecular formula is C19H15N3O3. The van der Waals surface area contributed by atoms with Crippen LogP contribution in [0.15, 0.2) is 78.9 Å². The summed E-state index contributed by atoms with van der Waals surface area (Å²) < 4.78 is 0. The van der Waals surface area contributed by atoms with Crippen molar-refractivity contribution in [3.8, 4) is 11.1 Å². The summed E-state index contributed by atoms with van der Waals surface area (Å²) in [6, 6.07) is 22.9. The van der Waals surface area contributed by atoms with Crippen LogP contribution in [0.25, 0.3) is 11.1 Å². The van der Waals surface area contributed by atoms with Gasteiger partial charge in [0.15, 0.2) is 0 Å². The summed E-state index contributed by atoms with van der Waals surface area (Å²) in [6.07, 6.45) is 0. The van der Waals surface area contributed by atoms with Crippen molar-refractivity contribution in [1.82, 2.24) is 5.43 Å². The SMILES string of the molecule is O=C(NNc1ccc([N+](=O)[O-])cc1)c1ccc(-c2ccccc2)cc1. The summed E-state index contributed by atoms with van der Waals surface area (Å²) in [5.41, 5.74) is 8.47. The zero-order valence-electron chi connectivity index (χ0n) is 13.2. The minimum atomic E-state index is -0.476. The van der Waals surface area contributed by atoms with Gasteiger partial charge in [0.05, 0.1) is 10.6 Å². The summed E-state index contributed by atoms with van der Waals surface area (Å²) in [6.45, 7) is 0. The molecule has 0 saturated carbocycles. The first-order valence-corrected chi connectivity index (χ1v) is 7.60. The molecule has 0 radical (unpaired) electrons. The van der Waals surface area contributed by atoms with Gasteiger partial charge in [-0.3, -0.25) is 25.8 Å². The zero-order chi connectivity index (χ0) is 17.6. The first-order valence-electron chi connectivity index (χ1n) is 7.60. The van der Waals surface area contributed by atoms with Crippen LogP contribution >= 0.6 is 0 Å².